The number of carbonyl (C=O) groups excluding carboxylic acids is 1. The van der Waals surface area contributed by atoms with E-state index in [1.807, 2.05) is 18.2 Å². The lowest BCUT2D eigenvalue weighted by Crippen LogP contribution is -2.23. The van der Waals surface area contributed by atoms with Crippen molar-refractivity contribution in [1.82, 2.24) is 10.6 Å². The van der Waals surface area contributed by atoms with Crippen LogP contribution in [0.3, 0.4) is 0 Å². The van der Waals surface area contributed by atoms with Crippen LogP contribution in [0.1, 0.15) is 28.7 Å². The first-order valence-electron chi connectivity index (χ1n) is 8.48. The zero-order chi connectivity index (χ0) is 17.6. The molecule has 0 fully saturated rings. The third-order valence-electron chi connectivity index (χ3n) is 4.44. The predicted octanol–water partition coefficient (Wildman–Crippen LogP) is 2.98. The first kappa shape index (κ1) is 20.1. The van der Waals surface area contributed by atoms with Gasteiger partial charge in [-0.3, -0.25) is 4.79 Å². The van der Waals surface area contributed by atoms with Gasteiger partial charge in [0.05, 0.1) is 14.2 Å². The summed E-state index contributed by atoms with van der Waals surface area (Å²) in [4.78, 5) is 12.1. The number of halogens is 1. The Morgan fingerprint density at radius 3 is 2.38 bits per heavy atom. The van der Waals surface area contributed by atoms with E-state index in [-0.39, 0.29) is 18.3 Å². The van der Waals surface area contributed by atoms with E-state index in [1.54, 1.807) is 14.2 Å². The second kappa shape index (κ2) is 9.46. The Kier molecular flexibility index (Phi) is 7.30. The van der Waals surface area contributed by atoms with Gasteiger partial charge in [0.15, 0.2) is 0 Å². The van der Waals surface area contributed by atoms with E-state index in [0.717, 1.165) is 35.7 Å². The molecule has 1 amide bonds. The first-order chi connectivity index (χ1) is 12.2. The number of hydrogen-bond acceptors (Lipinski definition) is 4. The maximum Gasteiger partial charge on any atom is 0.220 e. The average molecular weight is 377 g/mol. The van der Waals surface area contributed by atoms with Crippen LogP contribution in [-0.2, 0) is 30.8 Å². The summed E-state index contributed by atoms with van der Waals surface area (Å²) >= 11 is 0. The number of ether oxygens (including phenoxy) is 2. The molecule has 3 rings (SSSR count). The Morgan fingerprint density at radius 1 is 1.00 bits per heavy atom. The molecule has 2 aromatic carbocycles. The number of rotatable bonds is 7. The third kappa shape index (κ3) is 5.13. The largest absolute Gasteiger partial charge is 0.497 e. The Balaban J connectivity index is 0.00000243. The van der Waals surface area contributed by atoms with E-state index >= 15 is 0 Å². The molecule has 1 aliphatic rings. The molecule has 0 spiro atoms. The number of benzene rings is 2. The lowest BCUT2D eigenvalue weighted by atomic mass is 10.1. The summed E-state index contributed by atoms with van der Waals surface area (Å²) in [7, 11) is 3.24. The minimum absolute atomic E-state index is 0. The van der Waals surface area contributed by atoms with Crippen molar-refractivity contribution < 1.29 is 14.3 Å². The van der Waals surface area contributed by atoms with Gasteiger partial charge in [-0.2, -0.15) is 0 Å². The highest BCUT2D eigenvalue weighted by molar-refractivity contribution is 5.85. The van der Waals surface area contributed by atoms with Gasteiger partial charge in [0.1, 0.15) is 11.5 Å². The summed E-state index contributed by atoms with van der Waals surface area (Å²) < 4.78 is 10.5. The van der Waals surface area contributed by atoms with Gasteiger partial charge in [-0.25, -0.2) is 0 Å². The second-order valence-electron chi connectivity index (χ2n) is 6.20. The van der Waals surface area contributed by atoms with Crippen molar-refractivity contribution in [1.29, 1.82) is 0 Å². The fraction of sp³-hybridized carbons (Fsp3) is 0.350. The Bertz CT molecular complexity index is 742. The normalized spacial score (nSPS) is 12.1. The number of carbonyl (C=O) groups is 1. The SMILES string of the molecule is COc1cc(CCC(=O)NCc2ccc3c(c2)CNC3)cc(OC)c1.Cl. The molecule has 1 aliphatic heterocycles. The quantitative estimate of drug-likeness (QED) is 0.780. The average Bonchev–Trinajstić information content (AvgIpc) is 3.12. The summed E-state index contributed by atoms with van der Waals surface area (Å²) in [5.74, 6) is 1.52. The minimum Gasteiger partial charge on any atom is -0.497 e. The Labute approximate surface area is 160 Å². The molecule has 1 heterocycles. The van der Waals surface area contributed by atoms with Crippen molar-refractivity contribution in [2.24, 2.45) is 0 Å². The van der Waals surface area contributed by atoms with Crippen LogP contribution in [0.15, 0.2) is 36.4 Å². The maximum absolute atomic E-state index is 12.1. The Hall–Kier alpha value is -2.24. The maximum atomic E-state index is 12.1. The highest BCUT2D eigenvalue weighted by Gasteiger charge is 2.10. The molecule has 6 heteroatoms. The smallest absolute Gasteiger partial charge is 0.220 e. The third-order valence-corrected chi connectivity index (χ3v) is 4.44. The van der Waals surface area contributed by atoms with Crippen LogP contribution in [0.5, 0.6) is 11.5 Å². The van der Waals surface area contributed by atoms with Crippen molar-refractivity contribution in [2.75, 3.05) is 14.2 Å². The van der Waals surface area contributed by atoms with Crippen LogP contribution in [0.2, 0.25) is 0 Å². The van der Waals surface area contributed by atoms with Crippen LogP contribution in [-0.4, -0.2) is 20.1 Å². The molecule has 5 nitrogen and oxygen atoms in total. The lowest BCUT2D eigenvalue weighted by Gasteiger charge is -2.09. The van der Waals surface area contributed by atoms with Crippen molar-refractivity contribution in [2.45, 2.75) is 32.5 Å². The highest BCUT2D eigenvalue weighted by Crippen LogP contribution is 2.23. The number of hydrogen-bond donors (Lipinski definition) is 2. The molecule has 0 aromatic heterocycles. The molecular weight excluding hydrogens is 352 g/mol. The second-order valence-corrected chi connectivity index (χ2v) is 6.20. The van der Waals surface area contributed by atoms with Gasteiger partial charge in [-0.15, -0.1) is 12.4 Å². The van der Waals surface area contributed by atoms with Crippen LogP contribution in [0, 0.1) is 0 Å². The van der Waals surface area contributed by atoms with Crippen LogP contribution in [0.25, 0.3) is 0 Å². The molecule has 0 bridgehead atoms. The van der Waals surface area contributed by atoms with E-state index in [9.17, 15) is 4.79 Å². The van der Waals surface area contributed by atoms with Crippen molar-refractivity contribution >= 4 is 18.3 Å². The van der Waals surface area contributed by atoms with Gasteiger partial charge in [-0.1, -0.05) is 18.2 Å². The Morgan fingerprint density at radius 2 is 1.69 bits per heavy atom. The van der Waals surface area contributed by atoms with Crippen LogP contribution >= 0.6 is 12.4 Å². The molecule has 2 N–H and O–H groups in total. The van der Waals surface area contributed by atoms with Gasteiger partial charge in [-0.05, 0) is 40.8 Å². The van der Waals surface area contributed by atoms with E-state index in [0.29, 0.717) is 19.4 Å². The summed E-state index contributed by atoms with van der Waals surface area (Å²) in [5, 5.41) is 6.32. The summed E-state index contributed by atoms with van der Waals surface area (Å²) in [6.07, 6.45) is 1.08. The molecule has 0 aliphatic carbocycles. The molecule has 0 unspecified atom stereocenters. The molecule has 0 atom stereocenters. The zero-order valence-corrected chi connectivity index (χ0v) is 15.9. The van der Waals surface area contributed by atoms with Gasteiger partial charge >= 0.3 is 0 Å². The van der Waals surface area contributed by atoms with E-state index in [1.165, 1.54) is 11.1 Å². The lowest BCUT2D eigenvalue weighted by molar-refractivity contribution is -0.121. The number of nitrogens with one attached hydrogen (secondary N) is 2. The molecular formula is C20H25ClN2O3. The molecule has 0 saturated carbocycles. The van der Waals surface area contributed by atoms with Crippen LogP contribution in [0.4, 0.5) is 0 Å². The van der Waals surface area contributed by atoms with Gasteiger partial charge in [0, 0.05) is 32.1 Å². The number of amides is 1. The molecule has 26 heavy (non-hydrogen) atoms. The van der Waals surface area contributed by atoms with Crippen LogP contribution < -0.4 is 20.1 Å². The van der Waals surface area contributed by atoms with Crippen molar-refractivity contribution in [3.63, 3.8) is 0 Å². The topological polar surface area (TPSA) is 59.6 Å². The predicted molar refractivity (Wildman–Crippen MR) is 104 cm³/mol. The van der Waals surface area contributed by atoms with Crippen molar-refractivity contribution in [3.05, 3.63) is 58.7 Å². The summed E-state index contributed by atoms with van der Waals surface area (Å²) in [6.45, 7) is 2.41. The molecule has 0 saturated heterocycles. The van der Waals surface area contributed by atoms with E-state index in [4.69, 9.17) is 9.47 Å². The minimum atomic E-state index is 0. The summed E-state index contributed by atoms with van der Waals surface area (Å²) in [5.41, 5.74) is 4.84. The molecule has 0 radical (unpaired) electrons. The first-order valence-corrected chi connectivity index (χ1v) is 8.48. The van der Waals surface area contributed by atoms with E-state index in [2.05, 4.69) is 28.8 Å². The fourth-order valence-corrected chi connectivity index (χ4v) is 3.02. The monoisotopic (exact) mass is 376 g/mol. The fourth-order valence-electron chi connectivity index (χ4n) is 3.02. The van der Waals surface area contributed by atoms with Gasteiger partial charge in [0.2, 0.25) is 5.91 Å². The molecule has 140 valence electrons. The summed E-state index contributed by atoms with van der Waals surface area (Å²) in [6, 6.07) is 12.1. The number of fused-ring (bicyclic) bond motifs is 1. The number of methoxy groups -OCH3 is 2. The van der Waals surface area contributed by atoms with Crippen molar-refractivity contribution in [3.8, 4) is 11.5 Å². The van der Waals surface area contributed by atoms with Gasteiger partial charge in [0.25, 0.3) is 0 Å². The zero-order valence-electron chi connectivity index (χ0n) is 15.1. The standard InChI is InChI=1S/C20H24N2O3.ClH/c1-24-18-8-14(9-19(10-18)25-2)4-6-20(23)22-11-15-3-5-16-12-21-13-17(16)7-15;/h3,5,7-10,21H,4,6,11-13H2,1-2H3,(H,22,23);1H. The number of aryl methyl sites for hydroxylation is 1. The highest BCUT2D eigenvalue weighted by atomic mass is 35.5. The van der Waals surface area contributed by atoms with E-state index < -0.39 is 0 Å². The molecule has 2 aromatic rings. The van der Waals surface area contributed by atoms with Gasteiger partial charge < -0.3 is 20.1 Å².